The summed E-state index contributed by atoms with van der Waals surface area (Å²) in [6.07, 6.45) is 6.25. The Bertz CT molecular complexity index is 1110. The van der Waals surface area contributed by atoms with Crippen molar-refractivity contribution >= 4 is 34.7 Å². The minimum absolute atomic E-state index is 0.0152. The van der Waals surface area contributed by atoms with E-state index in [0.29, 0.717) is 5.56 Å². The maximum Gasteiger partial charge on any atom is 0.152 e. The highest BCUT2D eigenvalue weighted by molar-refractivity contribution is 7.78. The quantitative estimate of drug-likeness (QED) is 0.153. The Hall–Kier alpha value is -2.76. The molecular weight excluding hydrogens is 425 g/mol. The van der Waals surface area contributed by atoms with Gasteiger partial charge in [-0.15, -0.1) is 0 Å². The van der Waals surface area contributed by atoms with Crippen LogP contribution < -0.4 is 0 Å². The van der Waals surface area contributed by atoms with Crippen molar-refractivity contribution in [2.24, 2.45) is 4.99 Å². The van der Waals surface area contributed by atoms with E-state index >= 15 is 0 Å². The summed E-state index contributed by atoms with van der Waals surface area (Å²) in [6.45, 7) is 2.23. The van der Waals surface area contributed by atoms with Gasteiger partial charge in [-0.2, -0.15) is 4.99 Å². The maximum atomic E-state index is 14.1. The van der Waals surface area contributed by atoms with Crippen LogP contribution in [0, 0.1) is 17.7 Å². The first-order chi connectivity index (χ1) is 15.1. The predicted molar refractivity (Wildman–Crippen MR) is 132 cm³/mol. The lowest BCUT2D eigenvalue weighted by molar-refractivity contribution is 0.630. The lowest BCUT2D eigenvalue weighted by Gasteiger charge is -2.05. The Morgan fingerprint density at radius 1 is 0.871 bits per heavy atom. The third-order valence-electron chi connectivity index (χ3n) is 5.02. The van der Waals surface area contributed by atoms with Crippen LogP contribution in [0.5, 0.6) is 0 Å². The number of hydrogen-bond donors (Lipinski definition) is 0. The van der Waals surface area contributed by atoms with Crippen molar-refractivity contribution in [3.05, 3.63) is 88.2 Å². The van der Waals surface area contributed by atoms with E-state index < -0.39 is 5.82 Å². The van der Waals surface area contributed by atoms with Crippen molar-refractivity contribution in [2.45, 2.75) is 39.0 Å². The number of halogens is 2. The maximum absolute atomic E-state index is 14.1. The zero-order valence-electron chi connectivity index (χ0n) is 17.4. The van der Waals surface area contributed by atoms with Crippen LogP contribution >= 0.6 is 23.8 Å². The molecule has 0 atom stereocenters. The number of benzene rings is 3. The predicted octanol–water partition coefficient (Wildman–Crippen LogP) is 8.40. The van der Waals surface area contributed by atoms with E-state index in [2.05, 4.69) is 65.4 Å². The molecule has 0 radical (unpaired) electrons. The lowest BCUT2D eigenvalue weighted by Crippen LogP contribution is -1.86. The highest BCUT2D eigenvalue weighted by Gasteiger charge is 2.07. The molecule has 0 unspecified atom stereocenters. The van der Waals surface area contributed by atoms with E-state index in [1.54, 1.807) is 6.07 Å². The minimum atomic E-state index is -0.571. The third-order valence-corrected chi connectivity index (χ3v) is 5.40. The van der Waals surface area contributed by atoms with Crippen LogP contribution in [-0.4, -0.2) is 5.16 Å². The third kappa shape index (κ3) is 6.61. The van der Waals surface area contributed by atoms with Gasteiger partial charge >= 0.3 is 0 Å². The summed E-state index contributed by atoms with van der Waals surface area (Å²) >= 11 is 10.6. The Labute approximate surface area is 194 Å². The second kappa shape index (κ2) is 11.6. The summed E-state index contributed by atoms with van der Waals surface area (Å²) in [5.74, 6) is 5.42. The van der Waals surface area contributed by atoms with Crippen LogP contribution in [0.25, 0.3) is 11.1 Å². The Balaban J connectivity index is 1.68. The first kappa shape index (κ1) is 22.9. The van der Waals surface area contributed by atoms with Gasteiger partial charge in [0, 0.05) is 11.1 Å². The van der Waals surface area contributed by atoms with Gasteiger partial charge in [0.2, 0.25) is 0 Å². The Morgan fingerprint density at radius 2 is 1.52 bits per heavy atom. The number of rotatable bonds is 7. The molecule has 3 aromatic rings. The normalized spacial score (nSPS) is 10.2. The van der Waals surface area contributed by atoms with Crippen LogP contribution in [0.1, 0.15) is 49.3 Å². The highest BCUT2D eigenvalue weighted by Crippen LogP contribution is 2.29. The Kier molecular flexibility index (Phi) is 8.56. The van der Waals surface area contributed by atoms with Crippen molar-refractivity contribution in [2.75, 3.05) is 0 Å². The lowest BCUT2D eigenvalue weighted by atomic mass is 10.0. The van der Waals surface area contributed by atoms with Gasteiger partial charge in [0.25, 0.3) is 0 Å². The number of thiocarbonyl (C=S) groups is 1. The summed E-state index contributed by atoms with van der Waals surface area (Å²) in [4.78, 5) is 3.64. The largest absolute Gasteiger partial charge is 0.204 e. The molecule has 0 N–H and O–H groups in total. The van der Waals surface area contributed by atoms with Gasteiger partial charge in [0.1, 0.15) is 5.69 Å². The number of hydrogen-bond acceptors (Lipinski definition) is 2. The zero-order chi connectivity index (χ0) is 22.1. The second-order valence-electron chi connectivity index (χ2n) is 7.33. The molecular formula is C27H23ClFNS. The SMILES string of the molecule is CCCCCCc1ccc(-c2ccc(C#Cc3cc(F)c(N=C=S)c(Cl)c3)cc2)cc1. The summed E-state index contributed by atoms with van der Waals surface area (Å²) in [5, 5.41) is 2.28. The van der Waals surface area contributed by atoms with Crippen LogP contribution in [0.3, 0.4) is 0 Å². The van der Waals surface area contributed by atoms with Crippen LogP contribution in [-0.2, 0) is 6.42 Å². The van der Waals surface area contributed by atoms with Gasteiger partial charge in [0.15, 0.2) is 5.82 Å². The number of isothiocyanates is 1. The van der Waals surface area contributed by atoms with Crippen molar-refractivity contribution in [1.29, 1.82) is 0 Å². The number of nitrogens with zero attached hydrogens (tertiary/aromatic N) is 1. The van der Waals surface area contributed by atoms with E-state index in [0.717, 1.165) is 17.5 Å². The van der Waals surface area contributed by atoms with E-state index in [1.165, 1.54) is 42.9 Å². The molecule has 0 aliphatic heterocycles. The van der Waals surface area contributed by atoms with Crippen molar-refractivity contribution in [1.82, 2.24) is 0 Å². The van der Waals surface area contributed by atoms with Crippen LogP contribution in [0.4, 0.5) is 10.1 Å². The van der Waals surface area contributed by atoms with Gasteiger partial charge in [-0.3, -0.25) is 0 Å². The average Bonchev–Trinajstić information content (AvgIpc) is 2.79. The van der Waals surface area contributed by atoms with E-state index in [1.807, 2.05) is 24.3 Å². The smallest absolute Gasteiger partial charge is 0.152 e. The molecule has 0 bridgehead atoms. The molecule has 0 aliphatic carbocycles. The molecule has 3 rings (SSSR count). The summed E-state index contributed by atoms with van der Waals surface area (Å²) in [6, 6.07) is 19.7. The van der Waals surface area contributed by atoms with E-state index in [9.17, 15) is 4.39 Å². The van der Waals surface area contributed by atoms with E-state index in [4.69, 9.17) is 11.6 Å². The number of unbranched alkanes of at least 4 members (excludes halogenated alkanes) is 3. The first-order valence-corrected chi connectivity index (χ1v) is 11.2. The fraction of sp³-hybridized carbons (Fsp3) is 0.222. The molecule has 0 heterocycles. The first-order valence-electron chi connectivity index (χ1n) is 10.4. The fourth-order valence-electron chi connectivity index (χ4n) is 3.30. The molecule has 0 aliphatic rings. The van der Waals surface area contributed by atoms with E-state index in [-0.39, 0.29) is 10.7 Å². The van der Waals surface area contributed by atoms with Gasteiger partial charge in [-0.1, -0.05) is 86.0 Å². The van der Waals surface area contributed by atoms with Gasteiger partial charge in [-0.05, 0) is 66.0 Å². The molecule has 3 aromatic carbocycles. The van der Waals surface area contributed by atoms with Crippen LogP contribution in [0.2, 0.25) is 5.02 Å². The van der Waals surface area contributed by atoms with Gasteiger partial charge in [0.05, 0.1) is 10.2 Å². The molecule has 0 saturated carbocycles. The summed E-state index contributed by atoms with van der Waals surface area (Å²) in [7, 11) is 0. The molecule has 156 valence electrons. The Morgan fingerprint density at radius 3 is 2.13 bits per heavy atom. The molecule has 0 saturated heterocycles. The van der Waals surface area contributed by atoms with Crippen molar-refractivity contribution in [3.8, 4) is 23.0 Å². The summed E-state index contributed by atoms with van der Waals surface area (Å²) < 4.78 is 14.1. The average molecular weight is 448 g/mol. The van der Waals surface area contributed by atoms with Gasteiger partial charge < -0.3 is 0 Å². The number of aryl methyl sites for hydroxylation is 1. The standard InChI is InChI=1S/C27H23ClFNS/c1-2-3-4-5-6-20-9-13-23(14-10-20)24-15-11-21(12-16-24)7-8-22-17-25(28)27(30-19-31)26(29)18-22/h9-18H,2-6H2,1H3. The minimum Gasteiger partial charge on any atom is -0.204 e. The van der Waals surface area contributed by atoms with Crippen LogP contribution in [0.15, 0.2) is 65.7 Å². The molecule has 0 spiro atoms. The second-order valence-corrected chi connectivity index (χ2v) is 7.92. The molecule has 0 fully saturated rings. The van der Waals surface area contributed by atoms with Crippen molar-refractivity contribution < 1.29 is 4.39 Å². The monoisotopic (exact) mass is 447 g/mol. The molecule has 31 heavy (non-hydrogen) atoms. The fourth-order valence-corrected chi connectivity index (χ4v) is 3.64. The zero-order valence-corrected chi connectivity index (χ0v) is 19.0. The molecule has 0 amide bonds. The molecule has 4 heteroatoms. The molecule has 1 nitrogen and oxygen atoms in total. The molecule has 0 aromatic heterocycles. The highest BCUT2D eigenvalue weighted by atomic mass is 35.5. The van der Waals surface area contributed by atoms with Gasteiger partial charge in [-0.25, -0.2) is 4.39 Å². The van der Waals surface area contributed by atoms with Crippen molar-refractivity contribution in [3.63, 3.8) is 0 Å². The topological polar surface area (TPSA) is 12.4 Å². The number of aliphatic imine (C=N–C) groups is 1. The summed E-state index contributed by atoms with van der Waals surface area (Å²) in [5.41, 5.74) is 5.01.